The van der Waals surface area contributed by atoms with Crippen molar-refractivity contribution in [1.82, 2.24) is 15.3 Å². The Hall–Kier alpha value is -3.52. The van der Waals surface area contributed by atoms with Crippen LogP contribution in [0.1, 0.15) is 33.0 Å². The lowest BCUT2D eigenvalue weighted by atomic mass is 10.1. The predicted molar refractivity (Wildman–Crippen MR) is 96.1 cm³/mol. The fourth-order valence-corrected chi connectivity index (χ4v) is 2.80. The number of benzene rings is 2. The normalized spacial score (nSPS) is 13.0. The molecule has 4 rings (SSSR count). The first-order chi connectivity index (χ1) is 13.5. The van der Waals surface area contributed by atoms with Crippen LogP contribution in [0.2, 0.25) is 5.02 Å². The van der Waals surface area contributed by atoms with Gasteiger partial charge in [-0.05, 0) is 36.4 Å². The van der Waals surface area contributed by atoms with Crippen LogP contribution in [0.25, 0.3) is 11.5 Å². The molecule has 2 heterocycles. The van der Waals surface area contributed by atoms with Gasteiger partial charge in [-0.25, -0.2) is 4.79 Å². The molecule has 0 bridgehead atoms. The zero-order chi connectivity index (χ0) is 19.7. The van der Waals surface area contributed by atoms with Gasteiger partial charge in [0.25, 0.3) is 11.8 Å². The number of fused-ring (bicyclic) bond motifs is 1. The van der Waals surface area contributed by atoms with Gasteiger partial charge in [0.15, 0.2) is 0 Å². The maximum Gasteiger partial charge on any atom is 0.333 e. The number of carbonyl (C=O) groups is 3. The van der Waals surface area contributed by atoms with Gasteiger partial charge < -0.3 is 9.25 Å². The molecule has 0 saturated carbocycles. The van der Waals surface area contributed by atoms with Crippen LogP contribution >= 0.6 is 11.6 Å². The number of carbonyl (C=O) groups excluding carboxylic acids is 3. The second-order valence-corrected chi connectivity index (χ2v) is 6.36. The molecular weight excluding hydrogens is 386 g/mol. The molecule has 3 aromatic rings. The number of hydrogen-bond acceptors (Lipinski definition) is 7. The van der Waals surface area contributed by atoms with Crippen LogP contribution in [-0.2, 0) is 16.1 Å². The lowest BCUT2D eigenvalue weighted by molar-refractivity contribution is -0.168. The van der Waals surface area contributed by atoms with Crippen molar-refractivity contribution in [3.63, 3.8) is 0 Å². The maximum atomic E-state index is 12.2. The Labute approximate surface area is 163 Å². The van der Waals surface area contributed by atoms with Crippen LogP contribution in [0, 0.1) is 0 Å². The predicted octanol–water partition coefficient (Wildman–Crippen LogP) is 3.08. The summed E-state index contributed by atoms with van der Waals surface area (Å²) in [7, 11) is 0. The van der Waals surface area contributed by atoms with E-state index >= 15 is 0 Å². The molecule has 0 spiro atoms. The standard InChI is InChI=1S/C19H12ClN3O5/c20-12-7-5-11(6-8-12)17-22-21-15(27-17)9-10-16(24)28-23-18(25)13-3-1-2-4-14(13)19(23)26/h1-8H,9-10H2. The molecule has 1 aromatic heterocycles. The van der Waals surface area contributed by atoms with Crippen molar-refractivity contribution < 1.29 is 23.6 Å². The van der Waals surface area contributed by atoms with Crippen LogP contribution in [0.3, 0.4) is 0 Å². The molecule has 2 aromatic carbocycles. The van der Waals surface area contributed by atoms with Crippen molar-refractivity contribution in [3.8, 4) is 11.5 Å². The van der Waals surface area contributed by atoms with Crippen LogP contribution in [0.15, 0.2) is 52.9 Å². The van der Waals surface area contributed by atoms with Crippen molar-refractivity contribution in [2.24, 2.45) is 0 Å². The van der Waals surface area contributed by atoms with Gasteiger partial charge in [0, 0.05) is 17.0 Å². The summed E-state index contributed by atoms with van der Waals surface area (Å²) >= 11 is 5.84. The number of hydroxylamine groups is 2. The van der Waals surface area contributed by atoms with E-state index in [9.17, 15) is 14.4 Å². The van der Waals surface area contributed by atoms with E-state index in [0.29, 0.717) is 21.5 Å². The minimum Gasteiger partial charge on any atom is -0.421 e. The minimum absolute atomic E-state index is 0.0998. The second kappa shape index (κ2) is 7.24. The van der Waals surface area contributed by atoms with Crippen molar-refractivity contribution in [2.45, 2.75) is 12.8 Å². The SMILES string of the molecule is O=C(CCc1nnc(-c2ccc(Cl)cc2)o1)ON1C(=O)c2ccccc2C1=O. The zero-order valence-corrected chi connectivity index (χ0v) is 15.0. The molecule has 9 heteroatoms. The summed E-state index contributed by atoms with van der Waals surface area (Å²) in [5, 5.41) is 8.85. The van der Waals surface area contributed by atoms with Gasteiger partial charge in [0.05, 0.1) is 17.5 Å². The van der Waals surface area contributed by atoms with Crippen LogP contribution < -0.4 is 0 Å². The van der Waals surface area contributed by atoms with Crippen LogP contribution in [0.4, 0.5) is 0 Å². The first-order valence-electron chi connectivity index (χ1n) is 8.30. The summed E-state index contributed by atoms with van der Waals surface area (Å²) in [6, 6.07) is 13.1. The Bertz CT molecular complexity index is 1040. The first-order valence-corrected chi connectivity index (χ1v) is 8.67. The molecule has 140 valence electrons. The first kappa shape index (κ1) is 17.9. The highest BCUT2D eigenvalue weighted by atomic mass is 35.5. The Morgan fingerprint density at radius 1 is 1.00 bits per heavy atom. The fraction of sp³-hybridized carbons (Fsp3) is 0.105. The number of aryl methyl sites for hydroxylation is 1. The number of nitrogens with zero attached hydrogens (tertiary/aromatic N) is 3. The molecule has 0 atom stereocenters. The number of hydrogen-bond donors (Lipinski definition) is 0. The van der Waals surface area contributed by atoms with E-state index in [4.69, 9.17) is 20.9 Å². The number of halogens is 1. The molecule has 8 nitrogen and oxygen atoms in total. The highest BCUT2D eigenvalue weighted by molar-refractivity contribution is 6.30. The van der Waals surface area contributed by atoms with Gasteiger partial charge in [-0.1, -0.05) is 28.8 Å². The molecular formula is C19H12ClN3O5. The molecule has 0 N–H and O–H groups in total. The molecule has 28 heavy (non-hydrogen) atoms. The van der Waals surface area contributed by atoms with E-state index < -0.39 is 17.8 Å². The molecule has 0 radical (unpaired) electrons. The molecule has 1 aliphatic heterocycles. The van der Waals surface area contributed by atoms with E-state index in [1.807, 2.05) is 0 Å². The number of amides is 2. The summed E-state index contributed by atoms with van der Waals surface area (Å²) in [5.41, 5.74) is 1.09. The van der Waals surface area contributed by atoms with Gasteiger partial charge in [0.2, 0.25) is 11.8 Å². The number of aromatic nitrogens is 2. The zero-order valence-electron chi connectivity index (χ0n) is 14.3. The Kier molecular flexibility index (Phi) is 4.62. The van der Waals surface area contributed by atoms with E-state index in [0.717, 1.165) is 0 Å². The average Bonchev–Trinajstić information content (AvgIpc) is 3.27. The van der Waals surface area contributed by atoms with Gasteiger partial charge >= 0.3 is 5.97 Å². The fourth-order valence-electron chi connectivity index (χ4n) is 2.67. The van der Waals surface area contributed by atoms with Crippen molar-refractivity contribution in [3.05, 3.63) is 70.6 Å². The quantitative estimate of drug-likeness (QED) is 0.609. The third-order valence-electron chi connectivity index (χ3n) is 4.05. The van der Waals surface area contributed by atoms with Crippen LogP contribution in [0.5, 0.6) is 0 Å². The average molecular weight is 398 g/mol. The third kappa shape index (κ3) is 3.37. The highest BCUT2D eigenvalue weighted by Gasteiger charge is 2.38. The third-order valence-corrected chi connectivity index (χ3v) is 4.30. The summed E-state index contributed by atoms with van der Waals surface area (Å²) < 4.78 is 5.50. The van der Waals surface area contributed by atoms with Crippen LogP contribution in [-0.4, -0.2) is 33.0 Å². The lowest BCUT2D eigenvalue weighted by Crippen LogP contribution is -2.32. The van der Waals surface area contributed by atoms with Gasteiger partial charge in [-0.2, -0.15) is 0 Å². The van der Waals surface area contributed by atoms with E-state index in [1.165, 1.54) is 12.1 Å². The summed E-state index contributed by atoms with van der Waals surface area (Å²) in [6.45, 7) is 0. The molecule has 0 fully saturated rings. The van der Waals surface area contributed by atoms with Crippen molar-refractivity contribution in [2.75, 3.05) is 0 Å². The monoisotopic (exact) mass is 397 g/mol. The summed E-state index contributed by atoms with van der Waals surface area (Å²) in [6.07, 6.45) is -0.0434. The highest BCUT2D eigenvalue weighted by Crippen LogP contribution is 2.23. The minimum atomic E-state index is -0.763. The van der Waals surface area contributed by atoms with Gasteiger partial charge in [-0.15, -0.1) is 10.2 Å². The Balaban J connectivity index is 1.36. The smallest absolute Gasteiger partial charge is 0.333 e. The Morgan fingerprint density at radius 3 is 2.29 bits per heavy atom. The summed E-state index contributed by atoms with van der Waals surface area (Å²) in [5.74, 6) is -1.58. The van der Waals surface area contributed by atoms with Gasteiger partial charge in [-0.3, -0.25) is 9.59 Å². The molecule has 2 amide bonds. The molecule has 0 aliphatic carbocycles. The Morgan fingerprint density at radius 2 is 1.64 bits per heavy atom. The molecule has 0 saturated heterocycles. The largest absolute Gasteiger partial charge is 0.421 e. The second-order valence-electron chi connectivity index (χ2n) is 5.92. The lowest BCUT2D eigenvalue weighted by Gasteiger charge is -2.12. The van der Waals surface area contributed by atoms with E-state index in [-0.39, 0.29) is 29.9 Å². The number of rotatable bonds is 5. The van der Waals surface area contributed by atoms with E-state index in [1.54, 1.807) is 36.4 Å². The van der Waals surface area contributed by atoms with Gasteiger partial charge in [0.1, 0.15) is 0 Å². The maximum absolute atomic E-state index is 12.2. The van der Waals surface area contributed by atoms with E-state index in [2.05, 4.69) is 10.2 Å². The summed E-state index contributed by atoms with van der Waals surface area (Å²) in [4.78, 5) is 41.3. The molecule has 1 aliphatic rings. The topological polar surface area (TPSA) is 103 Å². The molecule has 0 unspecified atom stereocenters. The van der Waals surface area contributed by atoms with Crippen molar-refractivity contribution >= 4 is 29.4 Å². The van der Waals surface area contributed by atoms with Crippen molar-refractivity contribution in [1.29, 1.82) is 0 Å². The number of imide groups is 1.